The van der Waals surface area contributed by atoms with Crippen LogP contribution >= 0.6 is 11.6 Å². The van der Waals surface area contributed by atoms with E-state index in [0.29, 0.717) is 37.0 Å². The molecule has 1 aromatic rings. The van der Waals surface area contributed by atoms with E-state index in [4.69, 9.17) is 26.2 Å². The Kier molecular flexibility index (Phi) is 7.94. The SMILES string of the molecule is CCOC(=O)C1CCCN(c2ccc(Cl)c(OC(C)(C)C(=O)N3CCN(C(=O)O)CC3)c2)C1. The molecule has 1 atom stereocenters. The molecular weight excluding hydrogens is 450 g/mol. The van der Waals surface area contributed by atoms with Gasteiger partial charge in [-0.2, -0.15) is 0 Å². The smallest absolute Gasteiger partial charge is 0.407 e. The molecule has 0 aliphatic carbocycles. The number of nitrogens with zero attached hydrogens (tertiary/aromatic N) is 3. The number of piperazine rings is 1. The van der Waals surface area contributed by atoms with E-state index in [9.17, 15) is 14.4 Å². The number of ether oxygens (including phenoxy) is 2. The maximum atomic E-state index is 13.1. The van der Waals surface area contributed by atoms with Crippen molar-refractivity contribution in [1.82, 2.24) is 9.80 Å². The molecule has 10 heteroatoms. The first kappa shape index (κ1) is 25.0. The van der Waals surface area contributed by atoms with Gasteiger partial charge in [0.2, 0.25) is 0 Å². The average molecular weight is 482 g/mol. The summed E-state index contributed by atoms with van der Waals surface area (Å²) in [7, 11) is 0. The number of halogens is 1. The predicted octanol–water partition coefficient (Wildman–Crippen LogP) is 3.10. The molecule has 0 saturated carbocycles. The molecular formula is C23H32ClN3O6. The fourth-order valence-corrected chi connectivity index (χ4v) is 4.39. The molecule has 0 bridgehead atoms. The summed E-state index contributed by atoms with van der Waals surface area (Å²) in [5.41, 5.74) is -0.329. The van der Waals surface area contributed by atoms with Crippen LogP contribution in [0.3, 0.4) is 0 Å². The summed E-state index contributed by atoms with van der Waals surface area (Å²) in [6.45, 7) is 8.04. The van der Waals surface area contributed by atoms with Crippen LogP contribution in [0.4, 0.5) is 10.5 Å². The van der Waals surface area contributed by atoms with Gasteiger partial charge in [-0.05, 0) is 45.7 Å². The number of benzene rings is 1. The quantitative estimate of drug-likeness (QED) is 0.623. The number of carbonyl (C=O) groups excluding carboxylic acids is 2. The highest BCUT2D eigenvalue weighted by Crippen LogP contribution is 2.34. The first-order valence-corrected chi connectivity index (χ1v) is 11.7. The summed E-state index contributed by atoms with van der Waals surface area (Å²) in [6, 6.07) is 5.41. The summed E-state index contributed by atoms with van der Waals surface area (Å²) in [4.78, 5) is 41.4. The summed E-state index contributed by atoms with van der Waals surface area (Å²) in [6.07, 6.45) is 0.682. The second-order valence-corrected chi connectivity index (χ2v) is 9.23. The van der Waals surface area contributed by atoms with Crippen molar-refractivity contribution in [3.05, 3.63) is 23.2 Å². The predicted molar refractivity (Wildman–Crippen MR) is 124 cm³/mol. The van der Waals surface area contributed by atoms with Crippen molar-refractivity contribution in [2.45, 2.75) is 39.2 Å². The Morgan fingerprint density at radius 3 is 2.42 bits per heavy atom. The van der Waals surface area contributed by atoms with Crippen LogP contribution in [0.2, 0.25) is 5.02 Å². The molecule has 2 aliphatic rings. The number of amides is 2. The number of hydrogen-bond donors (Lipinski definition) is 1. The van der Waals surface area contributed by atoms with Gasteiger partial charge in [-0.15, -0.1) is 0 Å². The molecule has 2 saturated heterocycles. The van der Waals surface area contributed by atoms with Crippen LogP contribution in [0.25, 0.3) is 0 Å². The van der Waals surface area contributed by atoms with Crippen molar-refractivity contribution in [2.24, 2.45) is 5.92 Å². The number of carbonyl (C=O) groups is 3. The normalized spacial score (nSPS) is 19.3. The van der Waals surface area contributed by atoms with E-state index in [0.717, 1.165) is 25.1 Å². The third-order valence-electron chi connectivity index (χ3n) is 6.04. The van der Waals surface area contributed by atoms with E-state index in [1.807, 2.05) is 6.07 Å². The zero-order valence-electron chi connectivity index (χ0n) is 19.4. The number of anilines is 1. The highest BCUT2D eigenvalue weighted by atomic mass is 35.5. The highest BCUT2D eigenvalue weighted by Gasteiger charge is 2.37. The Bertz CT molecular complexity index is 885. The van der Waals surface area contributed by atoms with Crippen molar-refractivity contribution in [3.8, 4) is 5.75 Å². The molecule has 2 amide bonds. The van der Waals surface area contributed by atoms with E-state index in [1.54, 1.807) is 37.8 Å². The van der Waals surface area contributed by atoms with Crippen molar-refractivity contribution in [1.29, 1.82) is 0 Å². The summed E-state index contributed by atoms with van der Waals surface area (Å²) >= 11 is 6.39. The zero-order chi connectivity index (χ0) is 24.2. The van der Waals surface area contributed by atoms with Gasteiger partial charge in [-0.3, -0.25) is 9.59 Å². The Morgan fingerprint density at radius 1 is 1.12 bits per heavy atom. The molecule has 1 N–H and O–H groups in total. The van der Waals surface area contributed by atoms with Gasteiger partial charge in [0.25, 0.3) is 5.91 Å². The van der Waals surface area contributed by atoms with Gasteiger partial charge in [-0.25, -0.2) is 4.79 Å². The maximum absolute atomic E-state index is 13.1. The van der Waals surface area contributed by atoms with Crippen LogP contribution in [0, 0.1) is 5.92 Å². The van der Waals surface area contributed by atoms with Gasteiger partial charge in [0.1, 0.15) is 5.75 Å². The van der Waals surface area contributed by atoms with Crippen LogP contribution in [-0.2, 0) is 14.3 Å². The van der Waals surface area contributed by atoms with Gasteiger partial charge >= 0.3 is 12.1 Å². The van der Waals surface area contributed by atoms with Crippen LogP contribution in [0.15, 0.2) is 18.2 Å². The average Bonchev–Trinajstić information content (AvgIpc) is 2.80. The highest BCUT2D eigenvalue weighted by molar-refractivity contribution is 6.32. The molecule has 0 radical (unpaired) electrons. The van der Waals surface area contributed by atoms with E-state index in [2.05, 4.69) is 4.90 Å². The lowest BCUT2D eigenvalue weighted by Gasteiger charge is -2.38. The van der Waals surface area contributed by atoms with Gasteiger partial charge in [0, 0.05) is 51.0 Å². The Labute approximate surface area is 199 Å². The van der Waals surface area contributed by atoms with E-state index < -0.39 is 11.7 Å². The lowest BCUT2D eigenvalue weighted by Crippen LogP contribution is -2.56. The number of hydrogen-bond acceptors (Lipinski definition) is 6. The zero-order valence-corrected chi connectivity index (χ0v) is 20.1. The molecule has 3 rings (SSSR count). The third kappa shape index (κ3) is 6.01. The molecule has 33 heavy (non-hydrogen) atoms. The van der Waals surface area contributed by atoms with E-state index in [1.165, 1.54) is 4.90 Å². The fraction of sp³-hybridized carbons (Fsp3) is 0.609. The number of rotatable bonds is 6. The molecule has 9 nitrogen and oxygen atoms in total. The first-order valence-electron chi connectivity index (χ1n) is 11.3. The lowest BCUT2D eigenvalue weighted by atomic mass is 9.97. The molecule has 0 spiro atoms. The monoisotopic (exact) mass is 481 g/mol. The molecule has 2 heterocycles. The number of esters is 1. The summed E-state index contributed by atoms with van der Waals surface area (Å²) in [5, 5.41) is 9.49. The first-order chi connectivity index (χ1) is 15.6. The standard InChI is InChI=1S/C23H32ClN3O6/c1-4-32-20(28)16-6-5-9-27(15-16)17-7-8-18(24)19(14-17)33-23(2,3)21(29)25-10-12-26(13-11-25)22(30)31/h7-8,14,16H,4-6,9-13,15H2,1-3H3,(H,30,31). The largest absolute Gasteiger partial charge is 0.476 e. The second kappa shape index (κ2) is 10.5. The minimum absolute atomic E-state index is 0.178. The lowest BCUT2D eigenvalue weighted by molar-refractivity contribution is -0.148. The fourth-order valence-electron chi connectivity index (χ4n) is 4.23. The van der Waals surface area contributed by atoms with Crippen molar-refractivity contribution < 1.29 is 29.0 Å². The third-order valence-corrected chi connectivity index (χ3v) is 6.35. The molecule has 2 fully saturated rings. The van der Waals surface area contributed by atoms with Crippen LogP contribution < -0.4 is 9.64 Å². The van der Waals surface area contributed by atoms with Crippen molar-refractivity contribution in [2.75, 3.05) is 50.8 Å². The summed E-state index contributed by atoms with van der Waals surface area (Å²) in [5.74, 6) is -0.201. The Balaban J connectivity index is 1.69. The Hall–Kier alpha value is -2.68. The van der Waals surface area contributed by atoms with Crippen LogP contribution in [-0.4, -0.2) is 84.4 Å². The molecule has 0 aromatic heterocycles. The minimum Gasteiger partial charge on any atom is -0.476 e. The van der Waals surface area contributed by atoms with Gasteiger partial charge in [-0.1, -0.05) is 11.6 Å². The van der Waals surface area contributed by atoms with Crippen LogP contribution in [0.5, 0.6) is 5.75 Å². The van der Waals surface area contributed by atoms with E-state index >= 15 is 0 Å². The molecule has 182 valence electrons. The summed E-state index contributed by atoms with van der Waals surface area (Å²) < 4.78 is 11.3. The number of piperidine rings is 1. The van der Waals surface area contributed by atoms with Crippen molar-refractivity contribution in [3.63, 3.8) is 0 Å². The van der Waals surface area contributed by atoms with Gasteiger partial charge < -0.3 is 29.3 Å². The van der Waals surface area contributed by atoms with Gasteiger partial charge in [0.15, 0.2) is 5.60 Å². The maximum Gasteiger partial charge on any atom is 0.407 e. The number of carboxylic acid groups (broad SMARTS) is 1. The topological polar surface area (TPSA) is 99.6 Å². The van der Waals surface area contributed by atoms with Crippen LogP contribution in [0.1, 0.15) is 33.6 Å². The molecule has 1 unspecified atom stereocenters. The van der Waals surface area contributed by atoms with Crippen molar-refractivity contribution >= 4 is 35.3 Å². The second-order valence-electron chi connectivity index (χ2n) is 8.83. The molecule has 2 aliphatic heterocycles. The van der Waals surface area contributed by atoms with Gasteiger partial charge in [0.05, 0.1) is 17.5 Å². The van der Waals surface area contributed by atoms with E-state index in [-0.39, 0.29) is 30.9 Å². The molecule has 1 aromatic carbocycles. The minimum atomic E-state index is -1.19. The Morgan fingerprint density at radius 2 is 1.79 bits per heavy atom.